The Balaban J connectivity index is 0.00000320. The summed E-state index contributed by atoms with van der Waals surface area (Å²) in [5.74, 6) is 0. The van der Waals surface area contributed by atoms with Crippen LogP contribution in [0.25, 0.3) is 5.70 Å². The Morgan fingerprint density at radius 3 is 2.76 bits per heavy atom. The number of carbonyl (C=O) groups excluding carboxylic acids is 1. The lowest BCUT2D eigenvalue weighted by molar-refractivity contribution is -0.000907. The molecule has 2 aliphatic rings. The Kier molecular flexibility index (Phi) is 5.92. The summed E-state index contributed by atoms with van der Waals surface area (Å²) in [6.45, 7) is 18.1. The van der Waals surface area contributed by atoms with Gasteiger partial charge in [-0.15, -0.1) is 6.58 Å². The molecule has 29 heavy (non-hydrogen) atoms. The van der Waals surface area contributed by atoms with Crippen molar-refractivity contribution in [3.8, 4) is 0 Å². The number of hydrogen-bond donors (Lipinski definition) is 1. The summed E-state index contributed by atoms with van der Waals surface area (Å²) < 4.78 is 5.63. The van der Waals surface area contributed by atoms with Crippen LogP contribution in [-0.2, 0) is 11.2 Å². The third kappa shape index (κ3) is 4.41. The van der Waals surface area contributed by atoms with Gasteiger partial charge in [0.25, 0.3) is 0 Å². The number of H-pyrrole nitrogens is 1. The fourth-order valence-electron chi connectivity index (χ4n) is 4.11. The summed E-state index contributed by atoms with van der Waals surface area (Å²) in [6, 6.07) is 0.210. The quantitative estimate of drug-likeness (QED) is 0.794. The molecule has 1 N–H and O–H groups in total. The largest absolute Gasteiger partial charge is 0.444 e. The second-order valence-corrected chi connectivity index (χ2v) is 9.09. The highest BCUT2D eigenvalue weighted by atomic mass is 16.6. The van der Waals surface area contributed by atoms with Gasteiger partial charge in [0.1, 0.15) is 11.1 Å². The van der Waals surface area contributed by atoms with Gasteiger partial charge in [0.15, 0.2) is 0 Å². The van der Waals surface area contributed by atoms with Gasteiger partial charge in [0.2, 0.25) is 0 Å². The van der Waals surface area contributed by atoms with Crippen LogP contribution in [0.2, 0.25) is 0 Å². The number of hydrogen-bond acceptors (Lipinski definition) is 4. The van der Waals surface area contributed by atoms with E-state index in [0.29, 0.717) is 13.1 Å². The first-order valence-electron chi connectivity index (χ1n) is 10.4. The minimum absolute atomic E-state index is 0. The summed E-state index contributed by atoms with van der Waals surface area (Å²) in [4.78, 5) is 25.0. The molecule has 0 saturated carbocycles. The first-order chi connectivity index (χ1) is 13.6. The smallest absolute Gasteiger partial charge is 0.410 e. The molecule has 2 aliphatic heterocycles. The molecule has 2 atom stereocenters. The molecule has 6 heteroatoms. The third-order valence-electron chi connectivity index (χ3n) is 5.46. The van der Waals surface area contributed by atoms with E-state index in [9.17, 15) is 4.79 Å². The average molecular weight is 401 g/mol. The highest BCUT2D eigenvalue weighted by Gasteiger charge is 2.36. The van der Waals surface area contributed by atoms with E-state index in [2.05, 4.69) is 43.3 Å². The molecule has 0 aromatic carbocycles. The van der Waals surface area contributed by atoms with E-state index < -0.39 is 5.60 Å². The first kappa shape index (κ1) is 21.2. The lowest BCUT2D eigenvalue weighted by atomic mass is 10.0. The maximum atomic E-state index is 12.7. The van der Waals surface area contributed by atoms with Crippen molar-refractivity contribution in [3.05, 3.63) is 46.8 Å². The normalized spacial score (nSPS) is 22.4. The number of rotatable bonds is 3. The van der Waals surface area contributed by atoms with Crippen LogP contribution in [0.4, 0.5) is 4.79 Å². The Hall–Kier alpha value is -2.50. The Morgan fingerprint density at radius 1 is 1.38 bits per heavy atom. The number of aromatic nitrogens is 1. The lowest BCUT2D eigenvalue weighted by Crippen LogP contribution is -2.59. The van der Waals surface area contributed by atoms with Crippen molar-refractivity contribution in [2.24, 2.45) is 4.99 Å². The fraction of sp³-hybridized carbons (Fsp3) is 0.565. The van der Waals surface area contributed by atoms with Crippen molar-refractivity contribution in [2.75, 3.05) is 19.6 Å². The SMILES string of the molecule is C=CCc1c[nH]c2c1=C(N1C[C@@H](C)N(C(=O)OC(C)(C)C)C[C@@H]1C)C(C)=CCN=2.[HH]. The summed E-state index contributed by atoms with van der Waals surface area (Å²) in [6.07, 6.45) is 6.70. The number of fused-ring (bicyclic) bond motifs is 1. The molecule has 1 fully saturated rings. The van der Waals surface area contributed by atoms with Gasteiger partial charge >= 0.3 is 6.09 Å². The van der Waals surface area contributed by atoms with Crippen molar-refractivity contribution < 1.29 is 11.0 Å². The third-order valence-corrected chi connectivity index (χ3v) is 5.46. The molecule has 0 radical (unpaired) electrons. The van der Waals surface area contributed by atoms with Crippen molar-refractivity contribution in [1.29, 1.82) is 0 Å². The van der Waals surface area contributed by atoms with Crippen LogP contribution in [-0.4, -0.2) is 58.2 Å². The number of amides is 1. The lowest BCUT2D eigenvalue weighted by Gasteiger charge is -2.46. The molecule has 3 rings (SSSR count). The number of piperazine rings is 1. The summed E-state index contributed by atoms with van der Waals surface area (Å²) >= 11 is 0. The molecule has 1 aromatic heterocycles. The number of aromatic amines is 1. The van der Waals surface area contributed by atoms with E-state index in [1.54, 1.807) is 0 Å². The zero-order chi connectivity index (χ0) is 21.3. The monoisotopic (exact) mass is 400 g/mol. The van der Waals surface area contributed by atoms with Crippen LogP contribution in [0.5, 0.6) is 0 Å². The molecule has 1 aromatic rings. The standard InChI is InChI=1S/C23H34N4O2.H2/c1-8-9-18-12-25-21-19(18)20(15(2)10-11-24-21)26-13-17(4)27(14-16(26)3)22(28)29-23(5,6)7;/h8,10,12,16-17H,1,9,11,13-14H2,2-7H3,(H,24,25);1H/t16-,17+;/m0./s1. The molecule has 3 heterocycles. The van der Waals surface area contributed by atoms with Crippen LogP contribution < -0.4 is 10.7 Å². The van der Waals surface area contributed by atoms with Gasteiger partial charge < -0.3 is 19.5 Å². The molecule has 1 amide bonds. The van der Waals surface area contributed by atoms with Gasteiger partial charge in [-0.25, -0.2) is 4.79 Å². The van der Waals surface area contributed by atoms with E-state index in [1.807, 2.05) is 37.9 Å². The van der Waals surface area contributed by atoms with E-state index in [1.165, 1.54) is 22.1 Å². The van der Waals surface area contributed by atoms with Gasteiger partial charge in [-0.2, -0.15) is 0 Å². The Morgan fingerprint density at radius 2 is 2.10 bits per heavy atom. The van der Waals surface area contributed by atoms with E-state index in [4.69, 9.17) is 9.73 Å². The second-order valence-electron chi connectivity index (χ2n) is 9.09. The zero-order valence-corrected chi connectivity index (χ0v) is 18.6. The number of allylic oxidation sites excluding steroid dienone is 1. The molecule has 0 aliphatic carbocycles. The van der Waals surface area contributed by atoms with Crippen LogP contribution in [0.3, 0.4) is 0 Å². The van der Waals surface area contributed by atoms with Gasteiger partial charge in [-0.05, 0) is 59.1 Å². The topological polar surface area (TPSA) is 60.9 Å². The van der Waals surface area contributed by atoms with Crippen LogP contribution in [0, 0.1) is 0 Å². The number of carbonyl (C=O) groups is 1. The molecule has 0 spiro atoms. The number of ether oxygens (including phenoxy) is 1. The van der Waals surface area contributed by atoms with Crippen molar-refractivity contribution in [2.45, 2.75) is 65.6 Å². The van der Waals surface area contributed by atoms with Crippen LogP contribution in [0.15, 0.2) is 35.5 Å². The van der Waals surface area contributed by atoms with E-state index >= 15 is 0 Å². The minimum atomic E-state index is -0.492. The molecule has 1 saturated heterocycles. The van der Waals surface area contributed by atoms with E-state index in [-0.39, 0.29) is 19.6 Å². The molecule has 160 valence electrons. The van der Waals surface area contributed by atoms with Gasteiger partial charge in [0.05, 0.1) is 12.2 Å². The second kappa shape index (κ2) is 8.09. The molecular formula is C23H36N4O2. The Labute approximate surface area is 175 Å². The van der Waals surface area contributed by atoms with Gasteiger partial charge in [-0.1, -0.05) is 12.2 Å². The summed E-state index contributed by atoms with van der Waals surface area (Å²) in [7, 11) is 0. The van der Waals surface area contributed by atoms with Crippen molar-refractivity contribution >= 4 is 11.8 Å². The fourth-order valence-corrected chi connectivity index (χ4v) is 4.11. The van der Waals surface area contributed by atoms with Crippen LogP contribution >= 0.6 is 0 Å². The zero-order valence-electron chi connectivity index (χ0n) is 18.6. The predicted octanol–water partition coefficient (Wildman–Crippen LogP) is 3.01. The maximum Gasteiger partial charge on any atom is 0.410 e. The minimum Gasteiger partial charge on any atom is -0.444 e. The van der Waals surface area contributed by atoms with Crippen molar-refractivity contribution in [3.63, 3.8) is 0 Å². The van der Waals surface area contributed by atoms with E-state index in [0.717, 1.165) is 18.5 Å². The highest BCUT2D eigenvalue weighted by molar-refractivity contribution is 5.69. The number of nitrogens with zero attached hydrogens (tertiary/aromatic N) is 3. The maximum absolute atomic E-state index is 12.7. The average Bonchev–Trinajstić information content (AvgIpc) is 2.91. The first-order valence-corrected chi connectivity index (χ1v) is 10.4. The number of nitrogens with one attached hydrogen (secondary N) is 1. The summed E-state index contributed by atoms with van der Waals surface area (Å²) in [5.41, 5.74) is 4.08. The Bertz CT molecular complexity index is 941. The van der Waals surface area contributed by atoms with Gasteiger partial charge in [0, 0.05) is 38.0 Å². The van der Waals surface area contributed by atoms with Crippen molar-refractivity contribution in [1.82, 2.24) is 14.8 Å². The molecule has 6 nitrogen and oxygen atoms in total. The highest BCUT2D eigenvalue weighted by Crippen LogP contribution is 2.26. The van der Waals surface area contributed by atoms with Crippen LogP contribution in [0.1, 0.15) is 48.5 Å². The predicted molar refractivity (Wildman–Crippen MR) is 118 cm³/mol. The molecular weight excluding hydrogens is 364 g/mol. The van der Waals surface area contributed by atoms with Gasteiger partial charge in [-0.3, -0.25) is 4.99 Å². The molecule has 0 unspecified atom stereocenters. The summed E-state index contributed by atoms with van der Waals surface area (Å²) in [5, 5.41) is 1.17. The molecule has 0 bridgehead atoms.